The summed E-state index contributed by atoms with van der Waals surface area (Å²) in [7, 11) is 0. The van der Waals surface area contributed by atoms with Crippen molar-refractivity contribution in [2.45, 2.75) is 53.9 Å². The Morgan fingerprint density at radius 2 is 2.04 bits per heavy atom. The van der Waals surface area contributed by atoms with Crippen molar-refractivity contribution < 1.29 is 4.74 Å². The first-order chi connectivity index (χ1) is 13.3. The van der Waals surface area contributed by atoms with Gasteiger partial charge in [0.15, 0.2) is 5.96 Å². The van der Waals surface area contributed by atoms with Crippen molar-refractivity contribution >= 4 is 11.6 Å². The lowest BCUT2D eigenvalue weighted by Gasteiger charge is -2.35. The fourth-order valence-corrected chi connectivity index (χ4v) is 3.15. The summed E-state index contributed by atoms with van der Waals surface area (Å²) in [6.45, 7) is 15.4. The van der Waals surface area contributed by atoms with Gasteiger partial charge in [0.1, 0.15) is 5.75 Å². The molecule has 1 unspecified atom stereocenters. The fraction of sp³-hybridized carbons (Fsp3) is 0.696. The number of rotatable bonds is 8. The van der Waals surface area contributed by atoms with Crippen LogP contribution in [-0.2, 0) is 0 Å². The van der Waals surface area contributed by atoms with E-state index in [1.165, 1.54) is 12.8 Å². The Labute approximate surface area is 171 Å². The number of nitrogens with one attached hydrogen (secondary N) is 1. The van der Waals surface area contributed by atoms with Crippen molar-refractivity contribution in [1.29, 1.82) is 0 Å². The molecule has 5 nitrogen and oxygen atoms in total. The third-order valence-corrected chi connectivity index (χ3v) is 5.27. The van der Waals surface area contributed by atoms with Gasteiger partial charge in [-0.25, -0.2) is 4.99 Å². The zero-order chi connectivity index (χ0) is 20.6. The number of likely N-dealkylation sites (tertiary alicyclic amines) is 1. The zero-order valence-electron chi connectivity index (χ0n) is 18.5. The summed E-state index contributed by atoms with van der Waals surface area (Å²) in [4.78, 5) is 7.32. The van der Waals surface area contributed by atoms with Gasteiger partial charge in [0.25, 0.3) is 0 Å². The van der Waals surface area contributed by atoms with Gasteiger partial charge in [-0.15, -0.1) is 0 Å². The van der Waals surface area contributed by atoms with Gasteiger partial charge in [-0.05, 0) is 67.3 Å². The predicted molar refractivity (Wildman–Crippen MR) is 119 cm³/mol. The molecule has 0 aliphatic carbocycles. The molecule has 158 valence electrons. The van der Waals surface area contributed by atoms with Crippen LogP contribution in [0, 0.1) is 17.3 Å². The van der Waals surface area contributed by atoms with E-state index in [0.29, 0.717) is 18.4 Å². The Balaban J connectivity index is 2.08. The quantitative estimate of drug-likeness (QED) is 0.512. The number of nitrogens with zero attached hydrogens (tertiary/aromatic N) is 2. The summed E-state index contributed by atoms with van der Waals surface area (Å²) in [5.74, 6) is 3.22. The second kappa shape index (κ2) is 10.7. The first-order valence-corrected chi connectivity index (χ1v) is 10.8. The molecule has 0 saturated carbocycles. The number of nitrogens with two attached hydrogens (primary N) is 1. The number of piperidine rings is 1. The van der Waals surface area contributed by atoms with Crippen molar-refractivity contribution in [2.75, 3.05) is 32.8 Å². The highest BCUT2D eigenvalue weighted by atomic mass is 16.5. The summed E-state index contributed by atoms with van der Waals surface area (Å²) in [6, 6.07) is 8.10. The van der Waals surface area contributed by atoms with Crippen LogP contribution in [0.15, 0.2) is 29.3 Å². The first kappa shape index (κ1) is 22.5. The molecule has 1 atom stereocenters. The average Bonchev–Trinajstić information content (AvgIpc) is 2.66. The van der Waals surface area contributed by atoms with Gasteiger partial charge in [-0.3, -0.25) is 0 Å². The van der Waals surface area contributed by atoms with Gasteiger partial charge in [0, 0.05) is 19.6 Å². The van der Waals surface area contributed by atoms with E-state index in [-0.39, 0.29) is 5.41 Å². The molecule has 0 aromatic heterocycles. The van der Waals surface area contributed by atoms with Crippen LogP contribution in [-0.4, -0.2) is 43.6 Å². The van der Waals surface area contributed by atoms with Crippen LogP contribution in [0.3, 0.4) is 0 Å². The largest absolute Gasteiger partial charge is 0.494 e. The molecule has 1 fully saturated rings. The van der Waals surface area contributed by atoms with E-state index in [9.17, 15) is 0 Å². The highest BCUT2D eigenvalue weighted by molar-refractivity contribution is 5.83. The molecule has 1 saturated heterocycles. The van der Waals surface area contributed by atoms with E-state index in [4.69, 9.17) is 15.5 Å². The van der Waals surface area contributed by atoms with Crippen LogP contribution < -0.4 is 15.8 Å². The summed E-state index contributed by atoms with van der Waals surface area (Å²) in [5, 5.41) is 3.58. The maximum Gasteiger partial charge on any atom is 0.199 e. The maximum atomic E-state index is 5.91. The second-order valence-electron chi connectivity index (χ2n) is 9.38. The van der Waals surface area contributed by atoms with E-state index >= 15 is 0 Å². The number of guanidine groups is 1. The lowest BCUT2D eigenvalue weighted by molar-refractivity contribution is 0.261. The summed E-state index contributed by atoms with van der Waals surface area (Å²) < 4.78 is 5.83. The summed E-state index contributed by atoms with van der Waals surface area (Å²) in [6.07, 6.45) is 3.57. The normalized spacial score (nSPS) is 18.5. The first-order valence-electron chi connectivity index (χ1n) is 10.8. The summed E-state index contributed by atoms with van der Waals surface area (Å²) in [5.41, 5.74) is 6.90. The van der Waals surface area contributed by atoms with Crippen molar-refractivity contribution in [3.8, 4) is 5.75 Å². The van der Waals surface area contributed by atoms with Crippen LogP contribution in [0.2, 0.25) is 0 Å². The molecule has 0 spiro atoms. The highest BCUT2D eigenvalue weighted by Crippen LogP contribution is 2.21. The van der Waals surface area contributed by atoms with Crippen LogP contribution in [0.25, 0.3) is 0 Å². The number of ether oxygens (including phenoxy) is 1. The van der Waals surface area contributed by atoms with E-state index in [1.54, 1.807) is 0 Å². The minimum absolute atomic E-state index is 0.0380. The Morgan fingerprint density at radius 1 is 1.32 bits per heavy atom. The number of hydrogen-bond acceptors (Lipinski definition) is 3. The molecule has 2 rings (SSSR count). The van der Waals surface area contributed by atoms with Gasteiger partial charge in [0.2, 0.25) is 0 Å². The van der Waals surface area contributed by atoms with Gasteiger partial charge in [-0.1, -0.05) is 34.6 Å². The highest BCUT2D eigenvalue weighted by Gasteiger charge is 2.22. The SMILES string of the molecule is CC(C)CCOc1ccc(/N=C(/NCC(C)(C)CN)N2CCCC(C)C2)cc1. The topological polar surface area (TPSA) is 62.9 Å². The van der Waals surface area contributed by atoms with Crippen molar-refractivity contribution in [3.63, 3.8) is 0 Å². The second-order valence-corrected chi connectivity index (χ2v) is 9.38. The molecule has 3 N–H and O–H groups in total. The van der Waals surface area contributed by atoms with Gasteiger partial charge in [0.05, 0.1) is 12.3 Å². The monoisotopic (exact) mass is 388 g/mol. The van der Waals surface area contributed by atoms with Crippen molar-refractivity contribution in [2.24, 2.45) is 28.0 Å². The fourth-order valence-electron chi connectivity index (χ4n) is 3.15. The molecule has 1 aromatic rings. The van der Waals surface area contributed by atoms with Crippen molar-refractivity contribution in [1.82, 2.24) is 10.2 Å². The summed E-state index contributed by atoms with van der Waals surface area (Å²) >= 11 is 0. The molecule has 1 aliphatic rings. The molecular weight excluding hydrogens is 348 g/mol. The maximum absolute atomic E-state index is 5.91. The lowest BCUT2D eigenvalue weighted by atomic mass is 9.94. The van der Waals surface area contributed by atoms with E-state index in [1.807, 2.05) is 24.3 Å². The van der Waals surface area contributed by atoms with Gasteiger partial charge < -0.3 is 20.7 Å². The Kier molecular flexibility index (Phi) is 8.61. The Hall–Kier alpha value is -1.75. The number of benzene rings is 1. The van der Waals surface area contributed by atoms with Crippen LogP contribution in [0.1, 0.15) is 53.9 Å². The third-order valence-electron chi connectivity index (χ3n) is 5.27. The zero-order valence-corrected chi connectivity index (χ0v) is 18.5. The molecule has 0 bridgehead atoms. The molecule has 5 heteroatoms. The van der Waals surface area contributed by atoms with Crippen molar-refractivity contribution in [3.05, 3.63) is 24.3 Å². The Morgan fingerprint density at radius 3 is 2.64 bits per heavy atom. The molecule has 1 aromatic carbocycles. The Bertz CT molecular complexity index is 610. The van der Waals surface area contributed by atoms with E-state index < -0.39 is 0 Å². The van der Waals surface area contributed by atoms with Crippen LogP contribution in [0.4, 0.5) is 5.69 Å². The minimum Gasteiger partial charge on any atom is -0.494 e. The molecule has 0 amide bonds. The predicted octanol–water partition coefficient (Wildman–Crippen LogP) is 4.41. The smallest absolute Gasteiger partial charge is 0.199 e. The van der Waals surface area contributed by atoms with Crippen LogP contribution >= 0.6 is 0 Å². The van der Waals surface area contributed by atoms with Gasteiger partial charge in [-0.2, -0.15) is 0 Å². The number of hydrogen-bond donors (Lipinski definition) is 2. The molecular formula is C23H40N4O. The number of aliphatic imine (C=N–C) groups is 1. The standard InChI is InChI=1S/C23H40N4O/c1-18(2)12-14-28-21-10-8-20(9-11-21)26-22(25-17-23(4,5)16-24)27-13-6-7-19(3)15-27/h8-11,18-19H,6-7,12-17,24H2,1-5H3,(H,25,26). The minimum atomic E-state index is 0.0380. The van der Waals surface area contributed by atoms with Gasteiger partial charge >= 0.3 is 0 Å². The van der Waals surface area contributed by atoms with E-state index in [2.05, 4.69) is 44.8 Å². The van der Waals surface area contributed by atoms with Crippen LogP contribution in [0.5, 0.6) is 5.75 Å². The molecule has 1 heterocycles. The lowest BCUT2D eigenvalue weighted by Crippen LogP contribution is -2.49. The van der Waals surface area contributed by atoms with E-state index in [0.717, 1.165) is 50.1 Å². The molecule has 1 aliphatic heterocycles. The molecule has 28 heavy (non-hydrogen) atoms. The average molecular weight is 389 g/mol. The third kappa shape index (κ3) is 7.70. The molecule has 0 radical (unpaired) electrons.